The molecular weight excluding hydrogens is 308 g/mol. The predicted octanol–water partition coefficient (Wildman–Crippen LogP) is 2.92. The number of carbonyl (C=O) groups excluding carboxylic acids is 1. The topological polar surface area (TPSA) is 77.9 Å². The maximum atomic E-state index is 12.1. The van der Waals surface area contributed by atoms with Crippen LogP contribution >= 0.6 is 23.1 Å². The van der Waals surface area contributed by atoms with Crippen LogP contribution in [0.15, 0.2) is 36.9 Å². The van der Waals surface area contributed by atoms with Crippen LogP contribution in [0.3, 0.4) is 0 Å². The van der Waals surface area contributed by atoms with Crippen molar-refractivity contribution in [1.82, 2.24) is 18.7 Å². The molecule has 4 heterocycles. The first-order valence-electron chi connectivity index (χ1n) is 5.93. The summed E-state index contributed by atoms with van der Waals surface area (Å²) in [7, 11) is 0. The van der Waals surface area contributed by atoms with E-state index in [0.717, 1.165) is 20.4 Å². The molecule has 0 saturated heterocycles. The van der Waals surface area contributed by atoms with Crippen molar-refractivity contribution < 1.29 is 9.53 Å². The molecule has 4 aromatic rings. The van der Waals surface area contributed by atoms with Gasteiger partial charge >= 0.3 is 5.97 Å². The van der Waals surface area contributed by atoms with Gasteiger partial charge in [-0.3, -0.25) is 4.98 Å². The van der Waals surface area contributed by atoms with Gasteiger partial charge in [0.15, 0.2) is 5.75 Å². The standard InChI is InChI=1S/C13H6N4O2S2/c18-13(7-1-11-9(14-3-7)5-16-20-11)19-8-2-12-10(15-4-8)6-17-21-12/h1-6H. The summed E-state index contributed by atoms with van der Waals surface area (Å²) in [6.07, 6.45) is 6.33. The molecule has 0 aliphatic heterocycles. The number of aromatic nitrogens is 4. The molecule has 0 spiro atoms. The van der Waals surface area contributed by atoms with E-state index < -0.39 is 5.97 Å². The Hall–Kier alpha value is -2.45. The van der Waals surface area contributed by atoms with Gasteiger partial charge in [0.05, 0.1) is 33.6 Å². The quantitative estimate of drug-likeness (QED) is 0.529. The second kappa shape index (κ2) is 4.83. The highest BCUT2D eigenvalue weighted by molar-refractivity contribution is 7.13. The first kappa shape index (κ1) is 12.3. The van der Waals surface area contributed by atoms with Gasteiger partial charge in [0.25, 0.3) is 0 Å². The second-order valence-electron chi connectivity index (χ2n) is 4.20. The fourth-order valence-electron chi connectivity index (χ4n) is 1.83. The zero-order valence-corrected chi connectivity index (χ0v) is 12.0. The van der Waals surface area contributed by atoms with Crippen molar-refractivity contribution >= 4 is 49.5 Å². The summed E-state index contributed by atoms with van der Waals surface area (Å²) in [4.78, 5) is 20.5. The molecule has 0 unspecified atom stereocenters. The minimum absolute atomic E-state index is 0.385. The number of ether oxygens (including phenoxy) is 1. The largest absolute Gasteiger partial charge is 0.421 e. The van der Waals surface area contributed by atoms with Crippen LogP contribution in [0.1, 0.15) is 10.4 Å². The first-order chi connectivity index (χ1) is 10.3. The van der Waals surface area contributed by atoms with Crippen LogP contribution in [0, 0.1) is 0 Å². The smallest absolute Gasteiger partial charge is 0.345 e. The van der Waals surface area contributed by atoms with Gasteiger partial charge in [-0.25, -0.2) is 9.78 Å². The van der Waals surface area contributed by atoms with Gasteiger partial charge in [0, 0.05) is 12.3 Å². The minimum Gasteiger partial charge on any atom is -0.421 e. The van der Waals surface area contributed by atoms with Crippen molar-refractivity contribution in [1.29, 1.82) is 0 Å². The van der Waals surface area contributed by atoms with E-state index in [1.165, 1.54) is 35.5 Å². The Morgan fingerprint density at radius 2 is 1.57 bits per heavy atom. The van der Waals surface area contributed by atoms with E-state index in [4.69, 9.17) is 4.74 Å². The van der Waals surface area contributed by atoms with Gasteiger partial charge in [0.1, 0.15) is 11.0 Å². The molecule has 0 saturated carbocycles. The van der Waals surface area contributed by atoms with E-state index >= 15 is 0 Å². The normalized spacial score (nSPS) is 11.0. The lowest BCUT2D eigenvalue weighted by molar-refractivity contribution is 0.0734. The van der Waals surface area contributed by atoms with Crippen LogP contribution in [0.25, 0.3) is 20.4 Å². The second-order valence-corrected chi connectivity index (χ2v) is 5.87. The van der Waals surface area contributed by atoms with Crippen molar-refractivity contribution in [2.45, 2.75) is 0 Å². The Morgan fingerprint density at radius 3 is 2.33 bits per heavy atom. The molecule has 0 aromatic carbocycles. The molecule has 0 N–H and O–H groups in total. The molecular formula is C13H6N4O2S2. The molecule has 0 radical (unpaired) electrons. The van der Waals surface area contributed by atoms with Crippen molar-refractivity contribution in [2.75, 3.05) is 0 Å². The number of hydrogen-bond acceptors (Lipinski definition) is 8. The van der Waals surface area contributed by atoms with E-state index in [2.05, 4.69) is 18.7 Å². The summed E-state index contributed by atoms with van der Waals surface area (Å²) >= 11 is 2.59. The lowest BCUT2D eigenvalue weighted by Gasteiger charge is -2.03. The summed E-state index contributed by atoms with van der Waals surface area (Å²) in [5.74, 6) is -0.0791. The van der Waals surface area contributed by atoms with Gasteiger partial charge < -0.3 is 4.74 Å². The Balaban J connectivity index is 1.64. The lowest BCUT2D eigenvalue weighted by Crippen LogP contribution is -2.08. The molecule has 6 nitrogen and oxygen atoms in total. The average Bonchev–Trinajstić information content (AvgIpc) is 3.14. The number of rotatable bonds is 2. The van der Waals surface area contributed by atoms with E-state index in [-0.39, 0.29) is 0 Å². The fourth-order valence-corrected chi connectivity index (χ4v) is 3.11. The summed E-state index contributed by atoms with van der Waals surface area (Å²) in [6, 6.07) is 3.47. The summed E-state index contributed by atoms with van der Waals surface area (Å²) in [5, 5.41) is 0. The predicted molar refractivity (Wildman–Crippen MR) is 79.8 cm³/mol. The van der Waals surface area contributed by atoms with E-state index in [0.29, 0.717) is 11.3 Å². The third kappa shape index (κ3) is 2.24. The highest BCUT2D eigenvalue weighted by Crippen LogP contribution is 2.22. The molecule has 0 amide bonds. The molecule has 4 aromatic heterocycles. The van der Waals surface area contributed by atoms with Crippen LogP contribution in [0.2, 0.25) is 0 Å². The van der Waals surface area contributed by atoms with Gasteiger partial charge in [-0.1, -0.05) is 0 Å². The van der Waals surface area contributed by atoms with Crippen LogP contribution < -0.4 is 4.74 Å². The van der Waals surface area contributed by atoms with Gasteiger partial charge in [-0.05, 0) is 29.1 Å². The maximum absolute atomic E-state index is 12.1. The van der Waals surface area contributed by atoms with Crippen LogP contribution in [0.4, 0.5) is 0 Å². The number of nitrogens with zero attached hydrogens (tertiary/aromatic N) is 4. The van der Waals surface area contributed by atoms with E-state index in [1.807, 2.05) is 0 Å². The first-order valence-corrected chi connectivity index (χ1v) is 7.47. The van der Waals surface area contributed by atoms with Crippen molar-refractivity contribution in [3.05, 3.63) is 42.5 Å². The Kier molecular flexibility index (Phi) is 2.83. The number of esters is 1. The number of pyridine rings is 2. The van der Waals surface area contributed by atoms with Gasteiger partial charge in [-0.2, -0.15) is 8.75 Å². The van der Waals surface area contributed by atoms with Gasteiger partial charge in [0.2, 0.25) is 0 Å². The average molecular weight is 314 g/mol. The molecule has 21 heavy (non-hydrogen) atoms. The molecule has 102 valence electrons. The Labute approximate surface area is 126 Å². The number of hydrogen-bond donors (Lipinski definition) is 0. The Morgan fingerprint density at radius 1 is 0.905 bits per heavy atom. The zero-order valence-electron chi connectivity index (χ0n) is 10.4. The number of carbonyl (C=O) groups is 1. The minimum atomic E-state index is -0.469. The molecule has 0 aliphatic rings. The van der Waals surface area contributed by atoms with Crippen LogP contribution in [0.5, 0.6) is 5.75 Å². The molecule has 4 rings (SSSR count). The maximum Gasteiger partial charge on any atom is 0.345 e. The Bertz CT molecular complexity index is 963. The molecule has 0 fully saturated rings. The zero-order chi connectivity index (χ0) is 14.2. The third-order valence-corrected chi connectivity index (χ3v) is 4.31. The monoisotopic (exact) mass is 314 g/mol. The van der Waals surface area contributed by atoms with Crippen LogP contribution in [-0.4, -0.2) is 24.7 Å². The third-order valence-electron chi connectivity index (χ3n) is 2.84. The summed E-state index contributed by atoms with van der Waals surface area (Å²) in [6.45, 7) is 0. The van der Waals surface area contributed by atoms with Crippen LogP contribution in [-0.2, 0) is 0 Å². The van der Waals surface area contributed by atoms with Gasteiger partial charge in [-0.15, -0.1) is 0 Å². The SMILES string of the molecule is O=C(Oc1cnc2cnsc2c1)c1cnc2cnsc2c1. The van der Waals surface area contributed by atoms with Crippen molar-refractivity contribution in [2.24, 2.45) is 0 Å². The fraction of sp³-hybridized carbons (Fsp3) is 0. The summed E-state index contributed by atoms with van der Waals surface area (Å²) < 4.78 is 15.1. The van der Waals surface area contributed by atoms with Crippen molar-refractivity contribution in [3.8, 4) is 5.75 Å². The molecule has 0 bridgehead atoms. The van der Waals surface area contributed by atoms with E-state index in [1.54, 1.807) is 24.5 Å². The van der Waals surface area contributed by atoms with E-state index in [9.17, 15) is 4.79 Å². The number of fused-ring (bicyclic) bond motifs is 2. The highest BCUT2D eigenvalue weighted by atomic mass is 32.1. The summed E-state index contributed by atoms with van der Waals surface area (Å²) in [5.41, 5.74) is 1.94. The molecule has 0 atom stereocenters. The molecule has 8 heteroatoms. The van der Waals surface area contributed by atoms with Crippen molar-refractivity contribution in [3.63, 3.8) is 0 Å². The highest BCUT2D eigenvalue weighted by Gasteiger charge is 2.12. The molecule has 0 aliphatic carbocycles. The lowest BCUT2D eigenvalue weighted by atomic mass is 10.3.